The maximum atomic E-state index is 13.4. The number of benzene rings is 2. The molecule has 1 N–H and O–H groups in total. The van der Waals surface area contributed by atoms with E-state index in [9.17, 15) is 22.8 Å². The molecule has 1 heterocycles. The van der Waals surface area contributed by atoms with Gasteiger partial charge < -0.3 is 15.1 Å². The highest BCUT2D eigenvalue weighted by Gasteiger charge is 2.39. The van der Waals surface area contributed by atoms with E-state index in [-0.39, 0.29) is 29.5 Å². The third kappa shape index (κ3) is 5.95. The smallest absolute Gasteiger partial charge is 0.261 e. The third-order valence-corrected chi connectivity index (χ3v) is 7.75. The van der Waals surface area contributed by atoms with Gasteiger partial charge in [0.15, 0.2) is 0 Å². The monoisotopic (exact) mass is 505 g/mol. The standard InChI is InChI=1S/C24H28ClN3O5S/c1-3-5-21(29)27-12-14-28(15-13-27)24(31)23(26-22(30)18-7-4-6-17(2)16-18)34(32,33)20-10-8-19(25)9-11-20/h4,6-11,16,23H,3,5,12-15H2,1-2H3,(H,26,30)/t23-/m1/s1. The maximum absolute atomic E-state index is 13.4. The van der Waals surface area contributed by atoms with Gasteiger partial charge >= 0.3 is 0 Å². The summed E-state index contributed by atoms with van der Waals surface area (Å²) >= 11 is 5.89. The molecule has 0 unspecified atom stereocenters. The van der Waals surface area contributed by atoms with Crippen LogP contribution >= 0.6 is 11.6 Å². The van der Waals surface area contributed by atoms with Crippen LogP contribution in [0.3, 0.4) is 0 Å². The van der Waals surface area contributed by atoms with Gasteiger partial charge in [0.25, 0.3) is 11.8 Å². The van der Waals surface area contributed by atoms with Crippen molar-refractivity contribution in [2.45, 2.75) is 37.0 Å². The van der Waals surface area contributed by atoms with E-state index < -0.39 is 27.0 Å². The van der Waals surface area contributed by atoms with E-state index in [0.717, 1.165) is 12.0 Å². The average molecular weight is 506 g/mol. The molecule has 8 nitrogen and oxygen atoms in total. The SMILES string of the molecule is CCCC(=O)N1CCN(C(=O)[C@H](NC(=O)c2cccc(C)c2)S(=O)(=O)c2ccc(Cl)cc2)CC1. The summed E-state index contributed by atoms with van der Waals surface area (Å²) in [7, 11) is -4.28. The highest BCUT2D eigenvalue weighted by atomic mass is 35.5. The number of sulfone groups is 1. The van der Waals surface area contributed by atoms with Gasteiger partial charge in [0, 0.05) is 43.2 Å². The summed E-state index contributed by atoms with van der Waals surface area (Å²) < 4.78 is 26.9. The normalized spacial score (nSPS) is 15.0. The van der Waals surface area contributed by atoms with Crippen LogP contribution in [0, 0.1) is 6.92 Å². The molecule has 3 amide bonds. The van der Waals surface area contributed by atoms with Gasteiger partial charge in [0.05, 0.1) is 4.90 Å². The molecule has 3 rings (SSSR count). The van der Waals surface area contributed by atoms with Crippen LogP contribution in [0.5, 0.6) is 0 Å². The summed E-state index contributed by atoms with van der Waals surface area (Å²) in [6.45, 7) is 4.71. The first kappa shape index (κ1) is 25.7. The number of nitrogens with zero attached hydrogens (tertiary/aromatic N) is 2. The highest BCUT2D eigenvalue weighted by molar-refractivity contribution is 7.92. The number of aryl methyl sites for hydroxylation is 1. The van der Waals surface area contributed by atoms with Crippen molar-refractivity contribution in [2.24, 2.45) is 0 Å². The van der Waals surface area contributed by atoms with Crippen molar-refractivity contribution in [1.82, 2.24) is 15.1 Å². The number of piperazine rings is 1. The Kier molecular flexibility index (Phi) is 8.33. The number of hydrogen-bond acceptors (Lipinski definition) is 5. The van der Waals surface area contributed by atoms with Crippen LogP contribution in [0.4, 0.5) is 0 Å². The van der Waals surface area contributed by atoms with Gasteiger partial charge in [-0.25, -0.2) is 8.42 Å². The minimum Gasteiger partial charge on any atom is -0.339 e. The molecule has 2 aromatic carbocycles. The van der Waals surface area contributed by atoms with Crippen LogP contribution in [-0.4, -0.2) is 67.5 Å². The third-order valence-electron chi connectivity index (χ3n) is 5.63. The number of hydrogen-bond donors (Lipinski definition) is 1. The zero-order valence-electron chi connectivity index (χ0n) is 19.2. The Morgan fingerprint density at radius 1 is 1.00 bits per heavy atom. The van der Waals surface area contributed by atoms with Crippen LogP contribution in [0.25, 0.3) is 0 Å². The van der Waals surface area contributed by atoms with E-state index in [1.54, 1.807) is 23.1 Å². The predicted octanol–water partition coefficient (Wildman–Crippen LogP) is 2.65. The van der Waals surface area contributed by atoms with Gasteiger partial charge in [-0.1, -0.05) is 36.2 Å². The lowest BCUT2D eigenvalue weighted by Crippen LogP contribution is -2.57. The minimum atomic E-state index is -4.28. The number of carbonyl (C=O) groups is 3. The zero-order chi connectivity index (χ0) is 24.9. The van der Waals surface area contributed by atoms with Crippen LogP contribution in [0.1, 0.15) is 35.7 Å². The van der Waals surface area contributed by atoms with E-state index >= 15 is 0 Å². The van der Waals surface area contributed by atoms with Crippen molar-refractivity contribution >= 4 is 39.2 Å². The molecule has 0 radical (unpaired) electrons. The second-order valence-corrected chi connectivity index (χ2v) is 10.6. The molecule has 1 atom stereocenters. The van der Waals surface area contributed by atoms with E-state index in [1.165, 1.54) is 29.2 Å². The first-order valence-electron chi connectivity index (χ1n) is 11.1. The number of carbonyl (C=O) groups excluding carboxylic acids is 3. The Morgan fingerprint density at radius 3 is 2.21 bits per heavy atom. The average Bonchev–Trinajstić information content (AvgIpc) is 2.82. The van der Waals surface area contributed by atoms with Crippen LogP contribution in [0.15, 0.2) is 53.4 Å². The highest BCUT2D eigenvalue weighted by Crippen LogP contribution is 2.21. The molecule has 10 heteroatoms. The largest absolute Gasteiger partial charge is 0.339 e. The van der Waals surface area contributed by atoms with Crippen LogP contribution in [0.2, 0.25) is 5.02 Å². The molecule has 1 fully saturated rings. The minimum absolute atomic E-state index is 0.00712. The Morgan fingerprint density at radius 2 is 1.62 bits per heavy atom. The summed E-state index contributed by atoms with van der Waals surface area (Å²) in [6, 6.07) is 12.1. The molecule has 34 heavy (non-hydrogen) atoms. The van der Waals surface area contributed by atoms with Gasteiger partial charge in [-0.05, 0) is 49.7 Å². The second kappa shape index (κ2) is 11.0. The van der Waals surface area contributed by atoms with E-state index in [0.29, 0.717) is 24.5 Å². The van der Waals surface area contributed by atoms with Gasteiger partial charge in [-0.3, -0.25) is 14.4 Å². The van der Waals surface area contributed by atoms with Crippen molar-refractivity contribution in [3.63, 3.8) is 0 Å². The summed E-state index contributed by atoms with van der Waals surface area (Å²) in [4.78, 5) is 41.4. The summed E-state index contributed by atoms with van der Waals surface area (Å²) in [5.41, 5.74) is 1.07. The summed E-state index contributed by atoms with van der Waals surface area (Å²) in [5, 5.41) is 0.960. The summed E-state index contributed by atoms with van der Waals surface area (Å²) in [5.74, 6) is -1.40. The molecule has 182 valence electrons. The predicted molar refractivity (Wildman–Crippen MR) is 129 cm³/mol. The number of amides is 3. The van der Waals surface area contributed by atoms with Gasteiger partial charge in [-0.2, -0.15) is 0 Å². The van der Waals surface area contributed by atoms with Crippen molar-refractivity contribution in [2.75, 3.05) is 26.2 Å². The first-order chi connectivity index (χ1) is 16.1. The van der Waals surface area contributed by atoms with E-state index in [4.69, 9.17) is 11.6 Å². The Balaban J connectivity index is 1.87. The molecule has 1 saturated heterocycles. The lowest BCUT2D eigenvalue weighted by Gasteiger charge is -2.36. The molecule has 1 aliphatic heterocycles. The van der Waals surface area contributed by atoms with E-state index in [2.05, 4.69) is 5.32 Å². The molecular formula is C24H28ClN3O5S. The zero-order valence-corrected chi connectivity index (χ0v) is 20.7. The molecular weight excluding hydrogens is 478 g/mol. The number of nitrogens with one attached hydrogen (secondary N) is 1. The number of halogens is 1. The van der Waals surface area contributed by atoms with Crippen LogP contribution in [-0.2, 0) is 19.4 Å². The molecule has 0 aromatic heterocycles. The van der Waals surface area contributed by atoms with Gasteiger partial charge in [0.2, 0.25) is 21.1 Å². The Labute approximate surface area is 204 Å². The topological polar surface area (TPSA) is 104 Å². The first-order valence-corrected chi connectivity index (χ1v) is 13.0. The fourth-order valence-corrected chi connectivity index (χ4v) is 5.33. The Bertz CT molecular complexity index is 1160. The molecule has 0 aliphatic carbocycles. The van der Waals surface area contributed by atoms with Crippen molar-refractivity contribution in [3.05, 3.63) is 64.7 Å². The van der Waals surface area contributed by atoms with Crippen molar-refractivity contribution in [3.8, 4) is 0 Å². The van der Waals surface area contributed by atoms with Crippen LogP contribution < -0.4 is 5.32 Å². The number of rotatable bonds is 7. The van der Waals surface area contributed by atoms with Gasteiger partial charge in [0.1, 0.15) is 0 Å². The molecule has 0 bridgehead atoms. The molecule has 1 aliphatic rings. The lowest BCUT2D eigenvalue weighted by molar-refractivity contribution is -0.139. The Hall–Kier alpha value is -2.91. The lowest BCUT2D eigenvalue weighted by atomic mass is 10.1. The molecule has 0 saturated carbocycles. The van der Waals surface area contributed by atoms with Crippen molar-refractivity contribution in [1.29, 1.82) is 0 Å². The second-order valence-electron chi connectivity index (χ2n) is 8.18. The molecule has 0 spiro atoms. The maximum Gasteiger partial charge on any atom is 0.261 e. The molecule has 2 aromatic rings. The fraction of sp³-hybridized carbons (Fsp3) is 0.375. The van der Waals surface area contributed by atoms with Crippen molar-refractivity contribution < 1.29 is 22.8 Å². The quantitative estimate of drug-likeness (QED) is 0.623. The fourth-order valence-electron chi connectivity index (χ4n) is 3.74. The van der Waals surface area contributed by atoms with E-state index in [1.807, 2.05) is 19.9 Å². The van der Waals surface area contributed by atoms with Gasteiger partial charge in [-0.15, -0.1) is 0 Å². The summed E-state index contributed by atoms with van der Waals surface area (Å²) in [6.07, 6.45) is 1.15.